The van der Waals surface area contributed by atoms with Gasteiger partial charge in [0.15, 0.2) is 0 Å². The van der Waals surface area contributed by atoms with Crippen molar-refractivity contribution in [2.75, 3.05) is 26.2 Å². The van der Waals surface area contributed by atoms with Crippen LogP contribution in [0, 0.1) is 11.8 Å². The number of piperidine rings is 3. The maximum Gasteiger partial charge on any atom is 0.127 e. The predicted octanol–water partition coefficient (Wildman–Crippen LogP) is 1.99. The molecular formula is C19H25BN2O2. The molecule has 126 valence electrons. The summed E-state index contributed by atoms with van der Waals surface area (Å²) in [5.41, 5.74) is 1.70. The van der Waals surface area contributed by atoms with Crippen LogP contribution in [0.15, 0.2) is 42.7 Å². The first-order chi connectivity index (χ1) is 11.3. The largest absolute Gasteiger partial charge is 0.507 e. The molecule has 3 aliphatic rings. The van der Waals surface area contributed by atoms with E-state index in [1.807, 2.05) is 24.3 Å². The highest BCUT2D eigenvalue weighted by Gasteiger charge is 2.34. The average Bonchev–Trinajstić information content (AvgIpc) is 2.62. The molecule has 1 aromatic carbocycles. The first-order valence-corrected chi connectivity index (χ1v) is 8.38. The van der Waals surface area contributed by atoms with E-state index in [-0.39, 0.29) is 14.2 Å². The molecule has 3 fully saturated rings. The van der Waals surface area contributed by atoms with Crippen molar-refractivity contribution in [3.63, 3.8) is 0 Å². The van der Waals surface area contributed by atoms with E-state index < -0.39 is 0 Å². The number of phenols is 1. The van der Waals surface area contributed by atoms with Gasteiger partial charge in [0, 0.05) is 42.0 Å². The summed E-state index contributed by atoms with van der Waals surface area (Å²) in [7, 11) is 0. The van der Waals surface area contributed by atoms with Crippen LogP contribution in [-0.2, 0) is 0 Å². The maximum absolute atomic E-state index is 10.3. The fourth-order valence-corrected chi connectivity index (χ4v) is 3.85. The minimum Gasteiger partial charge on any atom is -0.507 e. The summed E-state index contributed by atoms with van der Waals surface area (Å²) >= 11 is 0. The normalized spacial score (nSPS) is 25.1. The Morgan fingerprint density at radius 2 is 2.04 bits per heavy atom. The fraction of sp³-hybridized carbons (Fsp3) is 0.421. The van der Waals surface area contributed by atoms with Gasteiger partial charge in [0.25, 0.3) is 0 Å². The molecule has 0 spiro atoms. The van der Waals surface area contributed by atoms with Crippen molar-refractivity contribution in [1.29, 1.82) is 0 Å². The molecule has 0 aliphatic carbocycles. The summed E-state index contributed by atoms with van der Waals surface area (Å²) in [5.74, 6) is 2.41. The average molecular weight is 324 g/mol. The van der Waals surface area contributed by atoms with Crippen LogP contribution in [0.5, 0.6) is 11.5 Å². The number of fused-ring (bicyclic) bond motifs is 3. The predicted molar refractivity (Wildman–Crippen MR) is 99.4 cm³/mol. The molecule has 3 saturated heterocycles. The lowest BCUT2D eigenvalue weighted by Crippen LogP contribution is -2.49. The SMILES string of the molecule is B.Oc1cc(OCC2CN3CCC2CC3)ccc1-c1cccnc1. The molecule has 1 atom stereocenters. The van der Waals surface area contributed by atoms with Crippen LogP contribution in [0.2, 0.25) is 0 Å². The Bertz CT molecular complexity index is 672. The summed E-state index contributed by atoms with van der Waals surface area (Å²) in [5, 5.41) is 10.3. The summed E-state index contributed by atoms with van der Waals surface area (Å²) in [6.07, 6.45) is 6.09. The zero-order valence-corrected chi connectivity index (χ0v) is 13.2. The van der Waals surface area contributed by atoms with Gasteiger partial charge in [0.05, 0.1) is 15.0 Å². The highest BCUT2D eigenvalue weighted by atomic mass is 16.5. The number of ether oxygens (including phenoxy) is 1. The van der Waals surface area contributed by atoms with Gasteiger partial charge in [-0.2, -0.15) is 0 Å². The van der Waals surface area contributed by atoms with Gasteiger partial charge >= 0.3 is 0 Å². The van der Waals surface area contributed by atoms with E-state index in [1.54, 1.807) is 18.5 Å². The first kappa shape index (κ1) is 16.8. The van der Waals surface area contributed by atoms with E-state index in [2.05, 4.69) is 9.88 Å². The Hall–Kier alpha value is -2.01. The van der Waals surface area contributed by atoms with Gasteiger partial charge in [-0.05, 0) is 50.0 Å². The van der Waals surface area contributed by atoms with E-state index >= 15 is 0 Å². The molecule has 2 bridgehead atoms. The molecule has 2 aromatic rings. The van der Waals surface area contributed by atoms with Crippen molar-refractivity contribution in [3.8, 4) is 22.6 Å². The zero-order chi connectivity index (χ0) is 15.6. The fourth-order valence-electron chi connectivity index (χ4n) is 3.85. The lowest BCUT2D eigenvalue weighted by Gasteiger charge is -2.44. The first-order valence-electron chi connectivity index (χ1n) is 8.38. The number of rotatable bonds is 4. The third-order valence-corrected chi connectivity index (χ3v) is 5.20. The van der Waals surface area contributed by atoms with Crippen LogP contribution in [-0.4, -0.2) is 49.6 Å². The van der Waals surface area contributed by atoms with Crippen LogP contribution >= 0.6 is 0 Å². The number of hydrogen-bond acceptors (Lipinski definition) is 4. The van der Waals surface area contributed by atoms with Crippen LogP contribution < -0.4 is 4.74 Å². The minimum absolute atomic E-state index is 0. The lowest BCUT2D eigenvalue weighted by molar-refractivity contribution is 0.0256. The van der Waals surface area contributed by atoms with Gasteiger partial charge in [-0.3, -0.25) is 4.98 Å². The Morgan fingerprint density at radius 3 is 2.67 bits per heavy atom. The van der Waals surface area contributed by atoms with Gasteiger partial charge in [-0.25, -0.2) is 0 Å². The van der Waals surface area contributed by atoms with Gasteiger partial charge in [0.1, 0.15) is 11.5 Å². The Labute approximate surface area is 145 Å². The summed E-state index contributed by atoms with van der Waals surface area (Å²) in [4.78, 5) is 6.64. The third-order valence-electron chi connectivity index (χ3n) is 5.20. The van der Waals surface area contributed by atoms with Gasteiger partial charge < -0.3 is 14.7 Å². The Morgan fingerprint density at radius 1 is 1.21 bits per heavy atom. The molecule has 1 unspecified atom stereocenters. The standard InChI is InChI=1S/C19H22N2O2.BH3/c22-19-10-17(3-4-18(19)15-2-1-7-20-11-15)23-13-16-12-21-8-5-14(16)6-9-21;/h1-4,7,10-11,14,16,22H,5-6,8-9,12-13H2;1H3. The van der Waals surface area contributed by atoms with E-state index in [1.165, 1.54) is 25.9 Å². The molecule has 4 nitrogen and oxygen atoms in total. The number of phenolic OH excluding ortho intramolecular Hbond substituents is 1. The Kier molecular flexibility index (Phi) is 5.10. The molecule has 1 aromatic heterocycles. The second-order valence-electron chi connectivity index (χ2n) is 6.63. The number of aromatic hydroxyl groups is 1. The molecule has 24 heavy (non-hydrogen) atoms. The molecule has 3 aliphatic heterocycles. The second kappa shape index (κ2) is 7.26. The van der Waals surface area contributed by atoms with Gasteiger partial charge in [-0.1, -0.05) is 6.07 Å². The van der Waals surface area contributed by atoms with Crippen molar-refractivity contribution in [1.82, 2.24) is 9.88 Å². The summed E-state index contributed by atoms with van der Waals surface area (Å²) < 4.78 is 5.97. The van der Waals surface area contributed by atoms with Crippen LogP contribution in [0.25, 0.3) is 11.1 Å². The monoisotopic (exact) mass is 324 g/mol. The second-order valence-corrected chi connectivity index (χ2v) is 6.63. The van der Waals surface area contributed by atoms with Crippen LogP contribution in [0.3, 0.4) is 0 Å². The zero-order valence-electron chi connectivity index (χ0n) is 13.2. The number of pyridine rings is 1. The van der Waals surface area contributed by atoms with Crippen molar-refractivity contribution in [3.05, 3.63) is 42.7 Å². The quantitative estimate of drug-likeness (QED) is 0.874. The molecule has 0 radical (unpaired) electrons. The van der Waals surface area contributed by atoms with E-state index in [4.69, 9.17) is 4.74 Å². The van der Waals surface area contributed by atoms with Crippen molar-refractivity contribution >= 4 is 8.41 Å². The summed E-state index contributed by atoms with van der Waals surface area (Å²) in [6.45, 7) is 4.40. The van der Waals surface area contributed by atoms with Crippen LogP contribution in [0.4, 0.5) is 0 Å². The number of hydrogen-bond donors (Lipinski definition) is 1. The molecule has 0 saturated carbocycles. The van der Waals surface area contributed by atoms with Gasteiger partial charge in [0.2, 0.25) is 0 Å². The van der Waals surface area contributed by atoms with Crippen molar-refractivity contribution < 1.29 is 9.84 Å². The smallest absolute Gasteiger partial charge is 0.127 e. The maximum atomic E-state index is 10.3. The van der Waals surface area contributed by atoms with Crippen molar-refractivity contribution in [2.24, 2.45) is 11.8 Å². The minimum atomic E-state index is 0. The summed E-state index contributed by atoms with van der Waals surface area (Å²) in [6, 6.07) is 9.35. The lowest BCUT2D eigenvalue weighted by atomic mass is 9.79. The molecular weight excluding hydrogens is 299 g/mol. The van der Waals surface area contributed by atoms with Crippen molar-refractivity contribution in [2.45, 2.75) is 12.8 Å². The Balaban J connectivity index is 0.00000169. The van der Waals surface area contributed by atoms with Crippen LogP contribution in [0.1, 0.15) is 12.8 Å². The topological polar surface area (TPSA) is 45.6 Å². The number of benzene rings is 1. The molecule has 5 heteroatoms. The molecule has 0 amide bonds. The third kappa shape index (κ3) is 3.41. The van der Waals surface area contributed by atoms with Gasteiger partial charge in [-0.15, -0.1) is 0 Å². The van der Waals surface area contributed by atoms with E-state index in [0.29, 0.717) is 5.92 Å². The number of nitrogens with zero attached hydrogens (tertiary/aromatic N) is 2. The molecule has 1 N–H and O–H groups in total. The molecule has 5 rings (SSSR count). The van der Waals surface area contributed by atoms with E-state index in [9.17, 15) is 5.11 Å². The number of aromatic nitrogens is 1. The highest BCUT2D eigenvalue weighted by molar-refractivity contribution is 5.75. The van der Waals surface area contributed by atoms with E-state index in [0.717, 1.165) is 35.9 Å². The highest BCUT2D eigenvalue weighted by Crippen LogP contribution is 2.34. The molecule has 4 heterocycles.